The molecule has 1 aromatic heterocycles. The quantitative estimate of drug-likeness (QED) is 0.905. The van der Waals surface area contributed by atoms with Crippen LogP contribution in [0.15, 0.2) is 36.5 Å². The van der Waals surface area contributed by atoms with Crippen molar-refractivity contribution in [2.45, 2.75) is 19.5 Å². The number of para-hydroxylation sites is 1. The van der Waals surface area contributed by atoms with E-state index in [1.165, 1.54) is 0 Å². The van der Waals surface area contributed by atoms with Crippen molar-refractivity contribution in [3.8, 4) is 5.88 Å². The highest BCUT2D eigenvalue weighted by atomic mass is 19.4. The first kappa shape index (κ1) is 15.1. The Morgan fingerprint density at radius 1 is 1.19 bits per heavy atom. The van der Waals surface area contributed by atoms with Gasteiger partial charge in [0.25, 0.3) is 0 Å². The van der Waals surface area contributed by atoms with Gasteiger partial charge in [-0.3, -0.25) is 0 Å². The molecular weight excluding hydrogens is 283 g/mol. The predicted molar refractivity (Wildman–Crippen MR) is 72.5 cm³/mol. The molecule has 0 spiro atoms. The molecule has 0 aliphatic carbocycles. The molecule has 112 valence electrons. The second-order valence-electron chi connectivity index (χ2n) is 4.25. The summed E-state index contributed by atoms with van der Waals surface area (Å²) < 4.78 is 43.6. The lowest BCUT2D eigenvalue weighted by atomic mass is 10.3. The Balaban J connectivity index is 2.28. The Labute approximate surface area is 120 Å². The van der Waals surface area contributed by atoms with Crippen molar-refractivity contribution in [2.24, 2.45) is 0 Å². The summed E-state index contributed by atoms with van der Waals surface area (Å²) >= 11 is 0. The SMILES string of the molecule is CCCOc1nc(Nc2ccccc2)ncc1C(F)(F)F. The van der Waals surface area contributed by atoms with Gasteiger partial charge in [-0.25, -0.2) is 4.98 Å². The number of benzene rings is 1. The maximum absolute atomic E-state index is 12.9. The molecule has 0 atom stereocenters. The van der Waals surface area contributed by atoms with Crippen LogP contribution in [0.25, 0.3) is 0 Å². The minimum absolute atomic E-state index is 0.0558. The van der Waals surface area contributed by atoms with Gasteiger partial charge in [0.1, 0.15) is 5.56 Å². The van der Waals surface area contributed by atoms with E-state index < -0.39 is 17.6 Å². The molecule has 0 bridgehead atoms. The van der Waals surface area contributed by atoms with Crippen LogP contribution in [0, 0.1) is 0 Å². The van der Waals surface area contributed by atoms with Crippen molar-refractivity contribution in [1.82, 2.24) is 9.97 Å². The number of halogens is 3. The van der Waals surface area contributed by atoms with Crippen LogP contribution in [-0.2, 0) is 6.18 Å². The molecule has 0 fully saturated rings. The number of hydrogen-bond acceptors (Lipinski definition) is 4. The molecular formula is C14H14F3N3O. The van der Waals surface area contributed by atoms with Crippen LogP contribution < -0.4 is 10.1 Å². The minimum Gasteiger partial charge on any atom is -0.477 e. The van der Waals surface area contributed by atoms with Crippen LogP contribution in [0.3, 0.4) is 0 Å². The van der Waals surface area contributed by atoms with E-state index in [1.807, 2.05) is 6.07 Å². The summed E-state index contributed by atoms with van der Waals surface area (Å²) in [5, 5.41) is 2.83. The van der Waals surface area contributed by atoms with Crippen molar-refractivity contribution in [3.63, 3.8) is 0 Å². The molecule has 0 saturated heterocycles. The molecule has 1 aromatic carbocycles. The average Bonchev–Trinajstić information content (AvgIpc) is 2.45. The van der Waals surface area contributed by atoms with Gasteiger partial charge in [0.2, 0.25) is 11.8 Å². The molecule has 1 heterocycles. The molecule has 7 heteroatoms. The molecule has 0 amide bonds. The average molecular weight is 297 g/mol. The molecule has 0 aliphatic heterocycles. The summed E-state index contributed by atoms with van der Waals surface area (Å²) in [6.07, 6.45) is -3.24. The van der Waals surface area contributed by atoms with E-state index in [9.17, 15) is 13.2 Å². The van der Waals surface area contributed by atoms with Crippen molar-refractivity contribution in [3.05, 3.63) is 42.1 Å². The van der Waals surface area contributed by atoms with Crippen LogP contribution in [0.4, 0.5) is 24.8 Å². The second-order valence-corrected chi connectivity index (χ2v) is 4.25. The first-order valence-corrected chi connectivity index (χ1v) is 6.40. The van der Waals surface area contributed by atoms with E-state index in [1.54, 1.807) is 31.2 Å². The van der Waals surface area contributed by atoms with Crippen molar-refractivity contribution < 1.29 is 17.9 Å². The molecule has 4 nitrogen and oxygen atoms in total. The van der Waals surface area contributed by atoms with Crippen molar-refractivity contribution >= 4 is 11.6 Å². The molecule has 0 aliphatic rings. The molecule has 21 heavy (non-hydrogen) atoms. The van der Waals surface area contributed by atoms with Gasteiger partial charge < -0.3 is 10.1 Å². The van der Waals surface area contributed by atoms with E-state index in [0.29, 0.717) is 12.1 Å². The third-order valence-electron chi connectivity index (χ3n) is 2.53. The Hall–Kier alpha value is -2.31. The zero-order chi connectivity index (χ0) is 15.3. The lowest BCUT2D eigenvalue weighted by molar-refractivity contribution is -0.139. The molecule has 2 rings (SSSR count). The number of ether oxygens (including phenoxy) is 1. The van der Waals surface area contributed by atoms with Gasteiger partial charge in [-0.1, -0.05) is 25.1 Å². The number of rotatable bonds is 5. The van der Waals surface area contributed by atoms with E-state index in [4.69, 9.17) is 4.74 Å². The fourth-order valence-corrected chi connectivity index (χ4v) is 1.58. The number of alkyl halides is 3. The van der Waals surface area contributed by atoms with Gasteiger partial charge in [0, 0.05) is 11.9 Å². The van der Waals surface area contributed by atoms with Gasteiger partial charge in [0.05, 0.1) is 6.61 Å². The standard InChI is InChI=1S/C14H14F3N3O/c1-2-8-21-12-11(14(15,16)17)9-18-13(20-12)19-10-6-4-3-5-7-10/h3-7,9H,2,8H2,1H3,(H,18,19,20). The highest BCUT2D eigenvalue weighted by molar-refractivity contribution is 5.53. The lowest BCUT2D eigenvalue weighted by Gasteiger charge is -2.13. The van der Waals surface area contributed by atoms with Gasteiger partial charge in [-0.2, -0.15) is 18.2 Å². The van der Waals surface area contributed by atoms with Gasteiger partial charge in [0.15, 0.2) is 0 Å². The van der Waals surface area contributed by atoms with Gasteiger partial charge in [-0.05, 0) is 18.6 Å². The number of aromatic nitrogens is 2. The predicted octanol–water partition coefficient (Wildman–Crippen LogP) is 4.03. The van der Waals surface area contributed by atoms with Crippen LogP contribution in [0.5, 0.6) is 5.88 Å². The molecule has 0 saturated carbocycles. The maximum Gasteiger partial charge on any atom is 0.423 e. The zero-order valence-electron chi connectivity index (χ0n) is 11.3. The van der Waals surface area contributed by atoms with Crippen LogP contribution in [0.2, 0.25) is 0 Å². The fourth-order valence-electron chi connectivity index (χ4n) is 1.58. The van der Waals surface area contributed by atoms with E-state index in [-0.39, 0.29) is 12.6 Å². The molecule has 2 aromatic rings. The topological polar surface area (TPSA) is 47.0 Å². The third kappa shape index (κ3) is 4.08. The summed E-state index contributed by atoms with van der Waals surface area (Å²) in [7, 11) is 0. The first-order chi connectivity index (χ1) is 10.0. The van der Waals surface area contributed by atoms with Crippen LogP contribution >= 0.6 is 0 Å². The second kappa shape index (κ2) is 6.43. The number of hydrogen-bond donors (Lipinski definition) is 1. The highest BCUT2D eigenvalue weighted by Gasteiger charge is 2.36. The fraction of sp³-hybridized carbons (Fsp3) is 0.286. The highest BCUT2D eigenvalue weighted by Crippen LogP contribution is 2.35. The summed E-state index contributed by atoms with van der Waals surface area (Å²) in [5.41, 5.74) is -0.298. The van der Waals surface area contributed by atoms with Crippen LogP contribution in [-0.4, -0.2) is 16.6 Å². The van der Waals surface area contributed by atoms with E-state index in [2.05, 4.69) is 15.3 Å². The lowest BCUT2D eigenvalue weighted by Crippen LogP contribution is -2.12. The monoisotopic (exact) mass is 297 g/mol. The summed E-state index contributed by atoms with van der Waals surface area (Å²) in [6, 6.07) is 8.93. The number of nitrogens with one attached hydrogen (secondary N) is 1. The van der Waals surface area contributed by atoms with Crippen molar-refractivity contribution in [1.29, 1.82) is 0 Å². The minimum atomic E-state index is -4.55. The smallest absolute Gasteiger partial charge is 0.423 e. The third-order valence-corrected chi connectivity index (χ3v) is 2.53. The Bertz CT molecular complexity index is 588. The first-order valence-electron chi connectivity index (χ1n) is 6.40. The molecule has 0 radical (unpaired) electrons. The summed E-state index contributed by atoms with van der Waals surface area (Å²) in [6.45, 7) is 1.96. The zero-order valence-corrected chi connectivity index (χ0v) is 11.3. The van der Waals surface area contributed by atoms with E-state index >= 15 is 0 Å². The molecule has 0 unspecified atom stereocenters. The normalized spacial score (nSPS) is 11.2. The van der Waals surface area contributed by atoms with Gasteiger partial charge >= 0.3 is 6.18 Å². The Kier molecular flexibility index (Phi) is 4.62. The summed E-state index contributed by atoms with van der Waals surface area (Å²) in [5.74, 6) is -0.405. The Morgan fingerprint density at radius 2 is 1.90 bits per heavy atom. The maximum atomic E-state index is 12.9. The largest absolute Gasteiger partial charge is 0.477 e. The summed E-state index contributed by atoms with van der Waals surface area (Å²) in [4.78, 5) is 7.49. The molecule has 1 N–H and O–H groups in total. The number of nitrogens with zero attached hydrogens (tertiary/aromatic N) is 2. The van der Waals surface area contributed by atoms with Gasteiger partial charge in [-0.15, -0.1) is 0 Å². The van der Waals surface area contributed by atoms with Crippen LogP contribution in [0.1, 0.15) is 18.9 Å². The Morgan fingerprint density at radius 3 is 2.52 bits per heavy atom. The van der Waals surface area contributed by atoms with E-state index in [0.717, 1.165) is 6.20 Å². The van der Waals surface area contributed by atoms with Crippen molar-refractivity contribution in [2.75, 3.05) is 11.9 Å². The number of anilines is 2.